The fraction of sp³-hybridized carbons (Fsp3) is 0.500. The smallest absolute Gasteiger partial charge is 0.120 e. The van der Waals surface area contributed by atoms with Gasteiger partial charge < -0.3 is 4.74 Å². The third-order valence-electron chi connectivity index (χ3n) is 2.55. The second kappa shape index (κ2) is 4.64. The van der Waals surface area contributed by atoms with Crippen molar-refractivity contribution in [3.63, 3.8) is 0 Å². The van der Waals surface area contributed by atoms with Crippen LogP contribution < -0.4 is 15.6 Å². The highest BCUT2D eigenvalue weighted by molar-refractivity contribution is 5.30. The molecule has 0 unspecified atom stereocenters. The van der Waals surface area contributed by atoms with Crippen LogP contribution in [-0.4, -0.2) is 13.2 Å². The molecule has 0 spiro atoms. The molecule has 1 saturated carbocycles. The molecule has 0 amide bonds. The van der Waals surface area contributed by atoms with Crippen LogP contribution in [0.3, 0.4) is 0 Å². The summed E-state index contributed by atoms with van der Waals surface area (Å²) < 4.78 is 5.75. The molecule has 0 aromatic heterocycles. The van der Waals surface area contributed by atoms with E-state index in [1.807, 2.05) is 19.2 Å². The number of benzene rings is 1. The van der Waals surface area contributed by atoms with Gasteiger partial charge in [0.25, 0.3) is 0 Å². The van der Waals surface area contributed by atoms with Gasteiger partial charge in [-0.15, -0.1) is 0 Å². The van der Waals surface area contributed by atoms with Crippen LogP contribution >= 0.6 is 0 Å². The van der Waals surface area contributed by atoms with Gasteiger partial charge in [0.05, 0.1) is 6.10 Å². The van der Waals surface area contributed by atoms with Crippen LogP contribution in [0.2, 0.25) is 0 Å². The molecule has 0 bridgehead atoms. The van der Waals surface area contributed by atoms with Crippen LogP contribution in [0.15, 0.2) is 24.3 Å². The summed E-state index contributed by atoms with van der Waals surface area (Å²) in [6.45, 7) is 2.12. The molecule has 3 heteroatoms. The Bertz CT molecular complexity index is 323. The van der Waals surface area contributed by atoms with Gasteiger partial charge in [0, 0.05) is 6.04 Å². The van der Waals surface area contributed by atoms with Gasteiger partial charge in [-0.3, -0.25) is 10.9 Å². The number of nitrogens with one attached hydrogen (secondary N) is 2. The number of hydrogen-bond acceptors (Lipinski definition) is 3. The van der Waals surface area contributed by atoms with E-state index in [4.69, 9.17) is 4.74 Å². The first-order valence-corrected chi connectivity index (χ1v) is 5.48. The third kappa shape index (κ3) is 2.94. The summed E-state index contributed by atoms with van der Waals surface area (Å²) >= 11 is 0. The van der Waals surface area contributed by atoms with Gasteiger partial charge in [-0.05, 0) is 44.5 Å². The molecule has 3 nitrogen and oxygen atoms in total. The van der Waals surface area contributed by atoms with E-state index in [0.717, 1.165) is 5.75 Å². The normalized spacial score (nSPS) is 17.5. The van der Waals surface area contributed by atoms with Gasteiger partial charge in [-0.2, -0.15) is 0 Å². The van der Waals surface area contributed by atoms with E-state index in [0.29, 0.717) is 6.10 Å². The third-order valence-corrected chi connectivity index (χ3v) is 2.55. The Kier molecular flexibility index (Phi) is 3.23. The highest BCUT2D eigenvalue weighted by atomic mass is 16.5. The minimum atomic E-state index is 0.290. The quantitative estimate of drug-likeness (QED) is 0.723. The maximum absolute atomic E-state index is 5.75. The predicted molar refractivity (Wildman–Crippen MR) is 60.7 cm³/mol. The van der Waals surface area contributed by atoms with Crippen LogP contribution in [0.5, 0.6) is 5.75 Å². The van der Waals surface area contributed by atoms with Gasteiger partial charge in [-0.1, -0.05) is 12.1 Å². The highest BCUT2D eigenvalue weighted by Gasteiger charge is 2.23. The number of ether oxygens (including phenoxy) is 1. The lowest BCUT2D eigenvalue weighted by Crippen LogP contribution is -2.30. The minimum absolute atomic E-state index is 0.290. The molecule has 1 aliphatic carbocycles. The molecular formula is C12H18N2O. The number of rotatable bonds is 5. The Balaban J connectivity index is 2.03. The number of hydrogen-bond donors (Lipinski definition) is 2. The first-order chi connectivity index (χ1) is 7.29. The van der Waals surface area contributed by atoms with Crippen molar-refractivity contribution >= 4 is 0 Å². The van der Waals surface area contributed by atoms with E-state index in [2.05, 4.69) is 29.9 Å². The summed E-state index contributed by atoms with van der Waals surface area (Å²) in [5.74, 6) is 0.986. The molecule has 0 heterocycles. The lowest BCUT2D eigenvalue weighted by atomic mass is 10.1. The molecular weight excluding hydrogens is 188 g/mol. The molecule has 2 rings (SSSR count). The van der Waals surface area contributed by atoms with Crippen molar-refractivity contribution in [1.29, 1.82) is 0 Å². The van der Waals surface area contributed by atoms with E-state index in [9.17, 15) is 0 Å². The largest absolute Gasteiger partial charge is 0.490 e. The lowest BCUT2D eigenvalue weighted by molar-refractivity contribution is 0.302. The average molecular weight is 206 g/mol. The Hall–Kier alpha value is -1.06. The topological polar surface area (TPSA) is 33.3 Å². The molecule has 15 heavy (non-hydrogen) atoms. The maximum Gasteiger partial charge on any atom is 0.120 e. The fourth-order valence-corrected chi connectivity index (χ4v) is 1.54. The van der Waals surface area contributed by atoms with Gasteiger partial charge in [0.15, 0.2) is 0 Å². The summed E-state index contributed by atoms with van der Waals surface area (Å²) in [4.78, 5) is 0. The monoisotopic (exact) mass is 206 g/mol. The van der Waals surface area contributed by atoms with Crippen molar-refractivity contribution in [2.75, 3.05) is 7.05 Å². The van der Waals surface area contributed by atoms with E-state index in [-0.39, 0.29) is 6.04 Å². The van der Waals surface area contributed by atoms with Crippen LogP contribution in [0.4, 0.5) is 0 Å². The van der Waals surface area contributed by atoms with Crippen LogP contribution in [0, 0.1) is 0 Å². The van der Waals surface area contributed by atoms with E-state index < -0.39 is 0 Å². The molecule has 0 saturated heterocycles. The summed E-state index contributed by atoms with van der Waals surface area (Å²) in [6, 6.07) is 8.56. The number of hydrazine groups is 1. The van der Waals surface area contributed by atoms with Crippen molar-refractivity contribution in [2.24, 2.45) is 0 Å². The van der Waals surface area contributed by atoms with Crippen LogP contribution in [0.25, 0.3) is 0 Å². The summed E-state index contributed by atoms with van der Waals surface area (Å²) in [7, 11) is 1.88. The van der Waals surface area contributed by atoms with Crippen molar-refractivity contribution in [3.05, 3.63) is 29.8 Å². The fourth-order valence-electron chi connectivity index (χ4n) is 1.54. The van der Waals surface area contributed by atoms with Crippen molar-refractivity contribution in [3.8, 4) is 5.75 Å². The van der Waals surface area contributed by atoms with Gasteiger partial charge in [0.2, 0.25) is 0 Å². The first kappa shape index (κ1) is 10.5. The minimum Gasteiger partial charge on any atom is -0.490 e. The second-order valence-electron chi connectivity index (χ2n) is 4.01. The van der Waals surface area contributed by atoms with Gasteiger partial charge >= 0.3 is 0 Å². The summed E-state index contributed by atoms with van der Waals surface area (Å²) in [5.41, 5.74) is 7.34. The average Bonchev–Trinajstić information content (AvgIpc) is 3.03. The van der Waals surface area contributed by atoms with Crippen molar-refractivity contribution in [2.45, 2.75) is 31.9 Å². The van der Waals surface area contributed by atoms with Gasteiger partial charge in [-0.25, -0.2) is 0 Å². The molecule has 82 valence electrons. The Morgan fingerprint density at radius 3 is 2.87 bits per heavy atom. The standard InChI is InChI=1S/C12H18N2O/c1-9(14-13-2)10-4-3-5-12(8-10)15-11-6-7-11/h3-5,8-9,11,13-14H,6-7H2,1-2H3/t9-/m1/s1. The molecule has 0 aliphatic heterocycles. The second-order valence-corrected chi connectivity index (χ2v) is 4.01. The molecule has 1 atom stereocenters. The Labute approximate surface area is 90.8 Å². The van der Waals surface area contributed by atoms with Crippen molar-refractivity contribution < 1.29 is 4.74 Å². The van der Waals surface area contributed by atoms with E-state index >= 15 is 0 Å². The molecule has 2 N–H and O–H groups in total. The van der Waals surface area contributed by atoms with Gasteiger partial charge in [0.1, 0.15) is 5.75 Å². The van der Waals surface area contributed by atoms with E-state index in [1.165, 1.54) is 18.4 Å². The zero-order valence-electron chi connectivity index (χ0n) is 9.29. The SMILES string of the molecule is CNN[C@H](C)c1cccc(OC2CC2)c1. The maximum atomic E-state index is 5.75. The summed E-state index contributed by atoms with van der Waals surface area (Å²) in [5, 5.41) is 0. The molecule has 1 aliphatic rings. The highest BCUT2D eigenvalue weighted by Crippen LogP contribution is 2.28. The Morgan fingerprint density at radius 2 is 2.20 bits per heavy atom. The predicted octanol–water partition coefficient (Wildman–Crippen LogP) is 2.01. The van der Waals surface area contributed by atoms with Crippen molar-refractivity contribution in [1.82, 2.24) is 10.9 Å². The van der Waals surface area contributed by atoms with Crippen LogP contribution in [0.1, 0.15) is 31.4 Å². The van der Waals surface area contributed by atoms with Crippen LogP contribution in [-0.2, 0) is 0 Å². The molecule has 1 fully saturated rings. The molecule has 0 radical (unpaired) electrons. The molecule has 1 aromatic rings. The zero-order chi connectivity index (χ0) is 10.7. The van der Waals surface area contributed by atoms with E-state index in [1.54, 1.807) is 0 Å². The lowest BCUT2D eigenvalue weighted by Gasteiger charge is -2.14. The Morgan fingerprint density at radius 1 is 1.40 bits per heavy atom. The summed E-state index contributed by atoms with van der Waals surface area (Å²) in [6.07, 6.45) is 2.87. The molecule has 1 aromatic carbocycles. The first-order valence-electron chi connectivity index (χ1n) is 5.48. The zero-order valence-corrected chi connectivity index (χ0v) is 9.29.